The summed E-state index contributed by atoms with van der Waals surface area (Å²) in [5.41, 5.74) is 2.65. The van der Waals surface area contributed by atoms with Gasteiger partial charge in [-0.1, -0.05) is 24.6 Å². The van der Waals surface area contributed by atoms with Gasteiger partial charge in [0.15, 0.2) is 0 Å². The number of amides is 1. The molecular weight excluding hydrogens is 324 g/mol. The van der Waals surface area contributed by atoms with Gasteiger partial charge in [-0.3, -0.25) is 4.79 Å². The van der Waals surface area contributed by atoms with Crippen molar-refractivity contribution in [3.05, 3.63) is 28.8 Å². The molecule has 0 unspecified atom stereocenters. The van der Waals surface area contributed by atoms with Crippen molar-refractivity contribution < 1.29 is 13.2 Å². The van der Waals surface area contributed by atoms with Crippen LogP contribution < -0.4 is 0 Å². The minimum atomic E-state index is -3.51. The smallest absolute Gasteiger partial charge is 0.243 e. The van der Waals surface area contributed by atoms with E-state index in [1.807, 2.05) is 37.8 Å². The zero-order chi connectivity index (χ0) is 17.6. The fourth-order valence-electron chi connectivity index (χ4n) is 3.75. The SMILES string of the molecule is Cc1cc(C)c(S(=O)(=O)N2CCN(C(=O)[C@H]3C[C@H]3C)CC2)c(C)c1. The summed E-state index contributed by atoms with van der Waals surface area (Å²) >= 11 is 0. The van der Waals surface area contributed by atoms with Gasteiger partial charge in [-0.05, 0) is 44.2 Å². The predicted molar refractivity (Wildman–Crippen MR) is 93.3 cm³/mol. The van der Waals surface area contributed by atoms with E-state index in [9.17, 15) is 13.2 Å². The molecule has 1 aromatic carbocycles. The van der Waals surface area contributed by atoms with Crippen LogP contribution in [0.4, 0.5) is 0 Å². The van der Waals surface area contributed by atoms with Gasteiger partial charge >= 0.3 is 0 Å². The average Bonchev–Trinajstić information content (AvgIpc) is 3.22. The van der Waals surface area contributed by atoms with E-state index < -0.39 is 10.0 Å². The molecule has 5 nitrogen and oxygen atoms in total. The van der Waals surface area contributed by atoms with Gasteiger partial charge in [-0.2, -0.15) is 4.31 Å². The topological polar surface area (TPSA) is 57.7 Å². The number of hydrogen-bond acceptors (Lipinski definition) is 3. The van der Waals surface area contributed by atoms with Gasteiger partial charge in [-0.15, -0.1) is 0 Å². The van der Waals surface area contributed by atoms with Gasteiger partial charge in [-0.25, -0.2) is 8.42 Å². The van der Waals surface area contributed by atoms with Crippen LogP contribution in [0.1, 0.15) is 30.0 Å². The fraction of sp³-hybridized carbons (Fsp3) is 0.611. The largest absolute Gasteiger partial charge is 0.340 e. The third-order valence-corrected chi connectivity index (χ3v) is 7.38. The molecule has 2 fully saturated rings. The molecule has 2 atom stereocenters. The number of piperazine rings is 1. The summed E-state index contributed by atoms with van der Waals surface area (Å²) in [7, 11) is -3.51. The molecule has 1 aromatic rings. The van der Waals surface area contributed by atoms with Gasteiger partial charge < -0.3 is 4.90 Å². The molecule has 0 spiro atoms. The maximum Gasteiger partial charge on any atom is 0.243 e. The molecule has 0 aromatic heterocycles. The summed E-state index contributed by atoms with van der Waals surface area (Å²) in [6.45, 7) is 9.49. The lowest BCUT2D eigenvalue weighted by Crippen LogP contribution is -2.51. The maximum atomic E-state index is 13.0. The van der Waals surface area contributed by atoms with Gasteiger partial charge in [0.05, 0.1) is 4.90 Å². The van der Waals surface area contributed by atoms with Crippen molar-refractivity contribution in [3.8, 4) is 0 Å². The first-order chi connectivity index (χ1) is 11.2. The van der Waals surface area contributed by atoms with E-state index in [0.717, 1.165) is 23.1 Å². The summed E-state index contributed by atoms with van der Waals surface area (Å²) in [5, 5.41) is 0. The van der Waals surface area contributed by atoms with Gasteiger partial charge in [0.2, 0.25) is 15.9 Å². The van der Waals surface area contributed by atoms with Crippen LogP contribution >= 0.6 is 0 Å². The molecule has 2 aliphatic rings. The van der Waals surface area contributed by atoms with Crippen LogP contribution in [0.15, 0.2) is 17.0 Å². The zero-order valence-corrected chi connectivity index (χ0v) is 15.7. The number of rotatable bonds is 3. The number of carbonyl (C=O) groups excluding carboxylic acids is 1. The Hall–Kier alpha value is -1.40. The zero-order valence-electron chi connectivity index (χ0n) is 14.9. The van der Waals surface area contributed by atoms with E-state index in [-0.39, 0.29) is 11.8 Å². The first-order valence-corrected chi connectivity index (χ1v) is 10.0. The van der Waals surface area contributed by atoms with Crippen LogP contribution in [-0.2, 0) is 14.8 Å². The van der Waals surface area contributed by atoms with Crippen molar-refractivity contribution in [2.45, 2.75) is 39.0 Å². The van der Waals surface area contributed by atoms with Crippen molar-refractivity contribution in [1.29, 1.82) is 0 Å². The monoisotopic (exact) mass is 350 g/mol. The van der Waals surface area contributed by atoms with Crippen LogP contribution in [-0.4, -0.2) is 49.7 Å². The van der Waals surface area contributed by atoms with Crippen LogP contribution in [0.25, 0.3) is 0 Å². The molecule has 6 heteroatoms. The Labute approximate surface area is 144 Å². The first kappa shape index (κ1) is 17.4. The summed E-state index contributed by atoms with van der Waals surface area (Å²) in [6.07, 6.45) is 0.971. The molecule has 132 valence electrons. The molecule has 1 saturated heterocycles. The van der Waals surface area contributed by atoms with Crippen molar-refractivity contribution >= 4 is 15.9 Å². The molecule has 0 bridgehead atoms. The van der Waals surface area contributed by atoms with Gasteiger partial charge in [0, 0.05) is 32.1 Å². The lowest BCUT2D eigenvalue weighted by atomic mass is 10.1. The Morgan fingerprint density at radius 3 is 2.00 bits per heavy atom. The van der Waals surface area contributed by atoms with Crippen molar-refractivity contribution in [3.63, 3.8) is 0 Å². The van der Waals surface area contributed by atoms with Gasteiger partial charge in [0.25, 0.3) is 0 Å². The Kier molecular flexibility index (Phi) is 4.47. The quantitative estimate of drug-likeness (QED) is 0.839. The number of hydrogen-bond donors (Lipinski definition) is 0. The minimum absolute atomic E-state index is 0.162. The first-order valence-electron chi connectivity index (χ1n) is 8.58. The minimum Gasteiger partial charge on any atom is -0.340 e. The Balaban J connectivity index is 1.75. The Morgan fingerprint density at radius 2 is 1.54 bits per heavy atom. The highest BCUT2D eigenvalue weighted by Crippen LogP contribution is 2.39. The highest BCUT2D eigenvalue weighted by molar-refractivity contribution is 7.89. The molecular formula is C18H26N2O3S. The lowest BCUT2D eigenvalue weighted by Gasteiger charge is -2.34. The second-order valence-corrected chi connectivity index (χ2v) is 9.15. The van der Waals surface area contributed by atoms with Crippen LogP contribution in [0.2, 0.25) is 0 Å². The number of carbonyl (C=O) groups is 1. The number of nitrogens with zero attached hydrogens (tertiary/aromatic N) is 2. The number of aryl methyl sites for hydroxylation is 3. The van der Waals surface area contributed by atoms with Crippen molar-refractivity contribution in [2.24, 2.45) is 11.8 Å². The molecule has 3 rings (SSSR count). The Morgan fingerprint density at radius 1 is 1.04 bits per heavy atom. The number of sulfonamides is 1. The predicted octanol–water partition coefficient (Wildman–Crippen LogP) is 2.10. The molecule has 24 heavy (non-hydrogen) atoms. The van der Waals surface area contributed by atoms with Gasteiger partial charge in [0.1, 0.15) is 0 Å². The van der Waals surface area contributed by atoms with E-state index in [0.29, 0.717) is 37.0 Å². The lowest BCUT2D eigenvalue weighted by molar-refractivity contribution is -0.134. The van der Waals surface area contributed by atoms with Crippen LogP contribution in [0.5, 0.6) is 0 Å². The van der Waals surface area contributed by atoms with Crippen LogP contribution in [0.3, 0.4) is 0 Å². The van der Waals surface area contributed by atoms with Crippen molar-refractivity contribution in [1.82, 2.24) is 9.21 Å². The van der Waals surface area contributed by atoms with E-state index >= 15 is 0 Å². The summed E-state index contributed by atoms with van der Waals surface area (Å²) < 4.78 is 27.6. The third-order valence-electron chi connectivity index (χ3n) is 5.18. The molecule has 1 amide bonds. The normalized spacial score (nSPS) is 24.9. The summed E-state index contributed by atoms with van der Waals surface area (Å²) in [5.74, 6) is 0.842. The second-order valence-electron chi connectivity index (χ2n) is 7.28. The standard InChI is InChI=1S/C18H26N2O3S/c1-12-9-14(3)17(15(4)10-12)24(22,23)20-7-5-19(6-8-20)18(21)16-11-13(16)2/h9-10,13,16H,5-8,11H2,1-4H3/t13-,16+/m1/s1. The highest BCUT2D eigenvalue weighted by Gasteiger charge is 2.42. The third kappa shape index (κ3) is 3.09. The Bertz CT molecular complexity index is 741. The fourth-order valence-corrected chi connectivity index (χ4v) is 5.59. The molecule has 0 N–H and O–H groups in total. The average molecular weight is 350 g/mol. The highest BCUT2D eigenvalue weighted by atomic mass is 32.2. The van der Waals surface area contributed by atoms with Crippen LogP contribution in [0, 0.1) is 32.6 Å². The molecule has 1 aliphatic heterocycles. The summed E-state index contributed by atoms with van der Waals surface area (Å²) in [4.78, 5) is 14.5. The van der Waals surface area contributed by atoms with E-state index in [1.54, 1.807) is 0 Å². The molecule has 1 heterocycles. The van der Waals surface area contributed by atoms with Crippen molar-refractivity contribution in [2.75, 3.05) is 26.2 Å². The summed E-state index contributed by atoms with van der Waals surface area (Å²) in [6, 6.07) is 3.82. The number of benzene rings is 1. The van der Waals surface area contributed by atoms with E-state index in [1.165, 1.54) is 4.31 Å². The maximum absolute atomic E-state index is 13.0. The molecule has 1 saturated carbocycles. The van der Waals surface area contributed by atoms with E-state index in [4.69, 9.17) is 0 Å². The molecule has 1 aliphatic carbocycles. The van der Waals surface area contributed by atoms with E-state index in [2.05, 4.69) is 6.92 Å². The molecule has 0 radical (unpaired) electrons. The second kappa shape index (κ2) is 6.15.